The van der Waals surface area contributed by atoms with Gasteiger partial charge in [0.2, 0.25) is 15.9 Å². The van der Waals surface area contributed by atoms with E-state index >= 15 is 0 Å². The SMILES string of the molecule is NC(=O)CN1CN(Cc2ccc(C(F)(F)F)cc2)S(=O)(=O)c2cc(Cl)ccc21. The third kappa shape index (κ3) is 4.08. The number of nitrogens with two attached hydrogens (primary N) is 1. The van der Waals surface area contributed by atoms with Crippen LogP contribution < -0.4 is 10.6 Å². The molecule has 2 aromatic rings. The number of carbonyl (C=O) groups excluding carboxylic acids is 1. The van der Waals surface area contributed by atoms with Gasteiger partial charge in [-0.1, -0.05) is 23.7 Å². The number of fused-ring (bicyclic) bond motifs is 1. The summed E-state index contributed by atoms with van der Waals surface area (Å²) in [5.74, 6) is -0.658. The van der Waals surface area contributed by atoms with Crippen molar-refractivity contribution in [3.8, 4) is 0 Å². The average molecular weight is 434 g/mol. The van der Waals surface area contributed by atoms with E-state index in [1.165, 1.54) is 35.2 Å². The molecule has 0 saturated carbocycles. The first-order valence-electron chi connectivity index (χ1n) is 7.97. The zero-order valence-electron chi connectivity index (χ0n) is 14.3. The van der Waals surface area contributed by atoms with Crippen molar-refractivity contribution in [1.82, 2.24) is 4.31 Å². The summed E-state index contributed by atoms with van der Waals surface area (Å²) in [6.45, 7) is -0.587. The van der Waals surface area contributed by atoms with Gasteiger partial charge in [0.15, 0.2) is 0 Å². The molecule has 28 heavy (non-hydrogen) atoms. The van der Waals surface area contributed by atoms with Crippen molar-refractivity contribution in [3.63, 3.8) is 0 Å². The molecular weight excluding hydrogens is 419 g/mol. The van der Waals surface area contributed by atoms with Gasteiger partial charge in [-0.3, -0.25) is 4.79 Å². The van der Waals surface area contributed by atoms with Crippen LogP contribution in [-0.2, 0) is 27.5 Å². The second-order valence-electron chi connectivity index (χ2n) is 6.23. The molecule has 0 aliphatic carbocycles. The number of sulfonamides is 1. The van der Waals surface area contributed by atoms with Crippen LogP contribution in [0.4, 0.5) is 18.9 Å². The van der Waals surface area contributed by atoms with Gasteiger partial charge in [-0.25, -0.2) is 8.42 Å². The smallest absolute Gasteiger partial charge is 0.368 e. The molecule has 1 aliphatic heterocycles. The standard InChI is InChI=1S/C17H15ClF3N3O3S/c18-13-5-6-14-15(7-13)28(26,27)24(10-23(14)9-16(22)25)8-11-1-3-12(4-2-11)17(19,20)21/h1-7H,8-10H2,(H2,22,25). The lowest BCUT2D eigenvalue weighted by atomic mass is 10.1. The van der Waals surface area contributed by atoms with Gasteiger partial charge in [-0.2, -0.15) is 17.5 Å². The number of alkyl halides is 3. The van der Waals surface area contributed by atoms with Crippen LogP contribution in [-0.4, -0.2) is 31.8 Å². The number of anilines is 1. The van der Waals surface area contributed by atoms with Crippen LogP contribution in [0.25, 0.3) is 0 Å². The van der Waals surface area contributed by atoms with Crippen LogP contribution in [0.1, 0.15) is 11.1 Å². The van der Waals surface area contributed by atoms with Crippen LogP contribution in [0.2, 0.25) is 5.02 Å². The van der Waals surface area contributed by atoms with Crippen molar-refractivity contribution < 1.29 is 26.4 Å². The molecule has 1 aliphatic rings. The van der Waals surface area contributed by atoms with Crippen molar-refractivity contribution in [1.29, 1.82) is 0 Å². The Morgan fingerprint density at radius 3 is 2.36 bits per heavy atom. The van der Waals surface area contributed by atoms with Crippen LogP contribution in [0.3, 0.4) is 0 Å². The maximum absolute atomic E-state index is 13.0. The Balaban J connectivity index is 1.96. The Kier molecular flexibility index (Phi) is 5.30. The molecule has 2 N–H and O–H groups in total. The lowest BCUT2D eigenvalue weighted by molar-refractivity contribution is -0.137. The number of nitrogens with zero attached hydrogens (tertiary/aromatic N) is 2. The number of carbonyl (C=O) groups is 1. The number of benzene rings is 2. The van der Waals surface area contributed by atoms with E-state index in [-0.39, 0.29) is 35.4 Å². The zero-order valence-corrected chi connectivity index (χ0v) is 15.9. The molecule has 0 aromatic heterocycles. The lowest BCUT2D eigenvalue weighted by Gasteiger charge is -2.37. The van der Waals surface area contributed by atoms with Crippen LogP contribution in [0, 0.1) is 0 Å². The van der Waals surface area contributed by atoms with Gasteiger partial charge in [0.05, 0.1) is 24.5 Å². The second kappa shape index (κ2) is 7.26. The van der Waals surface area contributed by atoms with Gasteiger partial charge >= 0.3 is 6.18 Å². The summed E-state index contributed by atoms with van der Waals surface area (Å²) >= 11 is 5.93. The largest absolute Gasteiger partial charge is 0.416 e. The van der Waals surface area contributed by atoms with E-state index in [0.717, 1.165) is 16.4 Å². The maximum atomic E-state index is 13.0. The molecule has 0 fully saturated rings. The molecule has 0 saturated heterocycles. The molecule has 0 unspecified atom stereocenters. The summed E-state index contributed by atoms with van der Waals surface area (Å²) in [7, 11) is -3.98. The van der Waals surface area contributed by atoms with Crippen LogP contribution >= 0.6 is 11.6 Å². The lowest BCUT2D eigenvalue weighted by Crippen LogP contribution is -2.48. The first-order chi connectivity index (χ1) is 13.0. The summed E-state index contributed by atoms with van der Waals surface area (Å²) in [6.07, 6.45) is -4.48. The highest BCUT2D eigenvalue weighted by molar-refractivity contribution is 7.89. The molecule has 2 aromatic carbocycles. The summed E-state index contributed by atoms with van der Waals surface area (Å²) in [6, 6.07) is 8.44. The van der Waals surface area contributed by atoms with E-state index in [4.69, 9.17) is 17.3 Å². The Bertz CT molecular complexity index is 1010. The summed E-state index contributed by atoms with van der Waals surface area (Å²) in [5, 5.41) is 0.192. The highest BCUT2D eigenvalue weighted by atomic mass is 35.5. The Morgan fingerprint density at radius 1 is 1.14 bits per heavy atom. The third-order valence-electron chi connectivity index (χ3n) is 4.20. The zero-order chi connectivity index (χ0) is 20.7. The molecule has 3 rings (SSSR count). The van der Waals surface area contributed by atoms with Gasteiger partial charge in [0.25, 0.3) is 0 Å². The molecule has 0 spiro atoms. The fourth-order valence-electron chi connectivity index (χ4n) is 2.90. The number of primary amides is 1. The molecule has 0 radical (unpaired) electrons. The normalized spacial score (nSPS) is 16.6. The van der Waals surface area contributed by atoms with E-state index in [1.54, 1.807) is 0 Å². The second-order valence-corrected chi connectivity index (χ2v) is 8.57. The number of hydrogen-bond acceptors (Lipinski definition) is 4. The topological polar surface area (TPSA) is 83.7 Å². The van der Waals surface area contributed by atoms with E-state index in [2.05, 4.69) is 0 Å². The number of hydrogen-bond donors (Lipinski definition) is 1. The maximum Gasteiger partial charge on any atom is 0.416 e. The molecule has 0 atom stereocenters. The monoisotopic (exact) mass is 433 g/mol. The Morgan fingerprint density at radius 2 is 1.79 bits per heavy atom. The Labute approximate surface area is 164 Å². The minimum atomic E-state index is -4.48. The first kappa shape index (κ1) is 20.4. The van der Waals surface area contributed by atoms with Crippen molar-refractivity contribution >= 4 is 33.2 Å². The molecule has 6 nitrogen and oxygen atoms in total. The van der Waals surface area contributed by atoms with E-state index in [0.29, 0.717) is 5.56 Å². The summed E-state index contributed by atoms with van der Waals surface area (Å²) in [5.41, 5.74) is 5.07. The molecule has 11 heteroatoms. The quantitative estimate of drug-likeness (QED) is 0.803. The Hall–Kier alpha value is -2.30. The molecule has 1 heterocycles. The highest BCUT2D eigenvalue weighted by Crippen LogP contribution is 2.36. The minimum absolute atomic E-state index is 0.0978. The molecular formula is C17H15ClF3N3O3S. The van der Waals surface area contributed by atoms with Crippen molar-refractivity contribution in [2.24, 2.45) is 5.73 Å². The van der Waals surface area contributed by atoms with Crippen LogP contribution in [0.15, 0.2) is 47.4 Å². The first-order valence-corrected chi connectivity index (χ1v) is 9.79. The molecule has 0 bridgehead atoms. The van der Waals surface area contributed by atoms with E-state index in [9.17, 15) is 26.4 Å². The summed E-state index contributed by atoms with van der Waals surface area (Å²) in [4.78, 5) is 12.8. The fraction of sp³-hybridized carbons (Fsp3) is 0.235. The predicted octanol–water partition coefficient (Wildman–Crippen LogP) is 2.81. The molecule has 150 valence electrons. The van der Waals surface area contributed by atoms with Gasteiger partial charge in [0, 0.05) is 11.6 Å². The van der Waals surface area contributed by atoms with Crippen molar-refractivity contribution in [3.05, 3.63) is 58.6 Å². The number of halogens is 4. The number of amides is 1. The van der Waals surface area contributed by atoms with Crippen LogP contribution in [0.5, 0.6) is 0 Å². The van der Waals surface area contributed by atoms with Gasteiger partial charge in [-0.05, 0) is 35.9 Å². The van der Waals surface area contributed by atoms with Crippen molar-refractivity contribution in [2.75, 3.05) is 18.1 Å². The third-order valence-corrected chi connectivity index (χ3v) is 6.24. The van der Waals surface area contributed by atoms with Gasteiger partial charge < -0.3 is 10.6 Å². The number of rotatable bonds is 4. The highest BCUT2D eigenvalue weighted by Gasteiger charge is 2.36. The van der Waals surface area contributed by atoms with Gasteiger partial charge in [0.1, 0.15) is 4.90 Å². The van der Waals surface area contributed by atoms with E-state index < -0.39 is 27.7 Å². The van der Waals surface area contributed by atoms with Gasteiger partial charge in [-0.15, -0.1) is 0 Å². The summed E-state index contributed by atoms with van der Waals surface area (Å²) < 4.78 is 65.1. The minimum Gasteiger partial charge on any atom is -0.368 e. The van der Waals surface area contributed by atoms with Crippen molar-refractivity contribution in [2.45, 2.75) is 17.6 Å². The predicted molar refractivity (Wildman–Crippen MR) is 97.0 cm³/mol. The molecule has 1 amide bonds. The average Bonchev–Trinajstić information content (AvgIpc) is 2.58. The van der Waals surface area contributed by atoms with E-state index in [1.807, 2.05) is 0 Å². The fourth-order valence-corrected chi connectivity index (χ4v) is 4.76.